The number of ether oxygens (including phenoxy) is 1. The van der Waals surface area contributed by atoms with E-state index in [1.165, 1.54) is 11.1 Å². The van der Waals surface area contributed by atoms with Gasteiger partial charge in [-0.3, -0.25) is 0 Å². The van der Waals surface area contributed by atoms with Gasteiger partial charge in [-0.15, -0.1) is 0 Å². The minimum absolute atomic E-state index is 0.201. The molecule has 0 bridgehead atoms. The first-order valence-corrected chi connectivity index (χ1v) is 8.09. The van der Waals surface area contributed by atoms with Gasteiger partial charge in [0.15, 0.2) is 0 Å². The normalized spacial score (nSPS) is 14.6. The number of nitrogens with one attached hydrogen (secondary N) is 1. The summed E-state index contributed by atoms with van der Waals surface area (Å²) in [4.78, 5) is 0. The van der Waals surface area contributed by atoms with Crippen molar-refractivity contribution in [1.82, 2.24) is 5.32 Å². The zero-order chi connectivity index (χ0) is 14.6. The van der Waals surface area contributed by atoms with Gasteiger partial charge >= 0.3 is 0 Å². The van der Waals surface area contributed by atoms with Crippen LogP contribution >= 0.6 is 15.9 Å². The predicted octanol–water partition coefficient (Wildman–Crippen LogP) is 4.26. The van der Waals surface area contributed by atoms with Gasteiger partial charge in [0.1, 0.15) is 5.75 Å². The maximum absolute atomic E-state index is 5.74. The largest absolute Gasteiger partial charge is 0.493 e. The van der Waals surface area contributed by atoms with Crippen molar-refractivity contribution in [3.05, 3.63) is 39.9 Å². The molecule has 0 aliphatic carbocycles. The molecule has 110 valence electrons. The molecule has 1 aromatic rings. The molecule has 3 heteroatoms. The fourth-order valence-electron chi connectivity index (χ4n) is 2.36. The third-order valence-electron chi connectivity index (χ3n) is 3.30. The number of hydrogen-bond donors (Lipinski definition) is 1. The van der Waals surface area contributed by atoms with E-state index in [2.05, 4.69) is 66.3 Å². The van der Waals surface area contributed by atoms with Crippen LogP contribution in [0.2, 0.25) is 0 Å². The van der Waals surface area contributed by atoms with Gasteiger partial charge in [0.05, 0.1) is 6.61 Å². The number of benzene rings is 1. The smallest absolute Gasteiger partial charge is 0.126 e. The summed E-state index contributed by atoms with van der Waals surface area (Å²) in [6.45, 7) is 8.42. The van der Waals surface area contributed by atoms with Crippen molar-refractivity contribution in [3.63, 3.8) is 0 Å². The van der Waals surface area contributed by atoms with Gasteiger partial charge in [-0.1, -0.05) is 28.1 Å². The second-order valence-electron chi connectivity index (χ2n) is 6.29. The Bertz CT molecular complexity index is 488. The van der Waals surface area contributed by atoms with E-state index in [1.54, 1.807) is 0 Å². The van der Waals surface area contributed by atoms with Crippen LogP contribution in [0.5, 0.6) is 5.75 Å². The van der Waals surface area contributed by atoms with Crippen LogP contribution in [0.3, 0.4) is 0 Å². The average Bonchev–Trinajstić information content (AvgIpc) is 2.79. The third kappa shape index (κ3) is 4.64. The van der Waals surface area contributed by atoms with Gasteiger partial charge < -0.3 is 10.1 Å². The first-order valence-electron chi connectivity index (χ1n) is 7.30. The van der Waals surface area contributed by atoms with Crippen molar-refractivity contribution in [2.45, 2.75) is 45.6 Å². The quantitative estimate of drug-likeness (QED) is 0.640. The Kier molecular flexibility index (Phi) is 5.28. The summed E-state index contributed by atoms with van der Waals surface area (Å²) in [6, 6.07) is 4.34. The fraction of sp³-hybridized carbons (Fsp3) is 0.529. The predicted molar refractivity (Wildman–Crippen MR) is 88.6 cm³/mol. The van der Waals surface area contributed by atoms with Crippen molar-refractivity contribution in [1.29, 1.82) is 0 Å². The van der Waals surface area contributed by atoms with E-state index in [-0.39, 0.29) is 5.54 Å². The molecule has 0 fully saturated rings. The van der Waals surface area contributed by atoms with Crippen molar-refractivity contribution < 1.29 is 4.74 Å². The molecule has 0 aromatic heterocycles. The van der Waals surface area contributed by atoms with Crippen LogP contribution in [0.4, 0.5) is 0 Å². The van der Waals surface area contributed by atoms with Crippen LogP contribution in [0, 0.1) is 0 Å². The first kappa shape index (κ1) is 15.6. The molecule has 0 spiro atoms. The summed E-state index contributed by atoms with van der Waals surface area (Å²) in [5, 5.41) is 3.49. The van der Waals surface area contributed by atoms with Crippen molar-refractivity contribution in [3.8, 4) is 5.75 Å². The van der Waals surface area contributed by atoms with E-state index in [0.717, 1.165) is 42.6 Å². The lowest BCUT2D eigenvalue weighted by molar-refractivity contribution is 0.354. The highest BCUT2D eigenvalue weighted by Crippen LogP contribution is 2.33. The minimum atomic E-state index is 0.201. The van der Waals surface area contributed by atoms with E-state index in [1.807, 2.05) is 0 Å². The Morgan fingerprint density at radius 2 is 2.10 bits per heavy atom. The van der Waals surface area contributed by atoms with Crippen LogP contribution < -0.4 is 10.1 Å². The van der Waals surface area contributed by atoms with Gasteiger partial charge in [0.25, 0.3) is 0 Å². The van der Waals surface area contributed by atoms with Gasteiger partial charge in [-0.2, -0.15) is 0 Å². The van der Waals surface area contributed by atoms with Crippen LogP contribution in [-0.2, 0) is 12.8 Å². The number of hydrogen-bond acceptors (Lipinski definition) is 2. The monoisotopic (exact) mass is 337 g/mol. The van der Waals surface area contributed by atoms with E-state index in [9.17, 15) is 0 Å². The standard InChI is InChI=1S/C17H24BrNO/c1-17(2,3)19-9-6-4-5-7-13-11-15(18)12-14-8-10-20-16(13)14/h4-5,11-12,19H,6-10H2,1-3H3/b5-4+. The van der Waals surface area contributed by atoms with Crippen LogP contribution in [-0.4, -0.2) is 18.7 Å². The average molecular weight is 338 g/mol. The molecule has 0 amide bonds. The molecular weight excluding hydrogens is 314 g/mol. The highest BCUT2D eigenvalue weighted by molar-refractivity contribution is 9.10. The fourth-order valence-corrected chi connectivity index (χ4v) is 2.91. The Hall–Kier alpha value is -0.800. The van der Waals surface area contributed by atoms with Crippen molar-refractivity contribution >= 4 is 15.9 Å². The summed E-state index contributed by atoms with van der Waals surface area (Å²) in [7, 11) is 0. The SMILES string of the molecule is CC(C)(C)NCC/C=C/Cc1cc(Br)cc2c1OCC2. The zero-order valence-corrected chi connectivity index (χ0v) is 14.2. The maximum atomic E-state index is 5.74. The summed E-state index contributed by atoms with van der Waals surface area (Å²) < 4.78 is 6.89. The summed E-state index contributed by atoms with van der Waals surface area (Å²) in [6.07, 6.45) is 7.53. The molecule has 1 aliphatic rings. The van der Waals surface area contributed by atoms with Crippen LogP contribution in [0.15, 0.2) is 28.8 Å². The van der Waals surface area contributed by atoms with E-state index < -0.39 is 0 Å². The van der Waals surface area contributed by atoms with Gasteiger partial charge in [-0.05, 0) is 63.4 Å². The maximum Gasteiger partial charge on any atom is 0.126 e. The molecule has 0 saturated carbocycles. The van der Waals surface area contributed by atoms with Crippen LogP contribution in [0.25, 0.3) is 0 Å². The molecule has 0 atom stereocenters. The molecule has 20 heavy (non-hydrogen) atoms. The number of rotatable bonds is 5. The Morgan fingerprint density at radius 1 is 1.30 bits per heavy atom. The van der Waals surface area contributed by atoms with Crippen molar-refractivity contribution in [2.24, 2.45) is 0 Å². The van der Waals surface area contributed by atoms with Gasteiger partial charge in [0, 0.05) is 16.4 Å². The number of halogens is 1. The highest BCUT2D eigenvalue weighted by Gasteiger charge is 2.16. The first-order chi connectivity index (χ1) is 9.46. The minimum Gasteiger partial charge on any atom is -0.493 e. The van der Waals surface area contributed by atoms with Gasteiger partial charge in [0.2, 0.25) is 0 Å². The lowest BCUT2D eigenvalue weighted by Crippen LogP contribution is -2.36. The van der Waals surface area contributed by atoms with Crippen molar-refractivity contribution in [2.75, 3.05) is 13.2 Å². The summed E-state index contributed by atoms with van der Waals surface area (Å²) in [5.41, 5.74) is 2.82. The molecular formula is C17H24BrNO. The second kappa shape index (κ2) is 6.77. The lowest BCUT2D eigenvalue weighted by atomic mass is 10.1. The highest BCUT2D eigenvalue weighted by atomic mass is 79.9. The van der Waals surface area contributed by atoms with E-state index >= 15 is 0 Å². The topological polar surface area (TPSA) is 21.3 Å². The molecule has 1 aromatic carbocycles. The molecule has 1 aliphatic heterocycles. The molecule has 1 heterocycles. The molecule has 0 radical (unpaired) electrons. The number of fused-ring (bicyclic) bond motifs is 1. The van der Waals surface area contributed by atoms with Gasteiger partial charge in [-0.25, -0.2) is 0 Å². The lowest BCUT2D eigenvalue weighted by Gasteiger charge is -2.19. The van der Waals surface area contributed by atoms with Crippen LogP contribution in [0.1, 0.15) is 38.3 Å². The Balaban J connectivity index is 1.85. The molecule has 1 N–H and O–H groups in total. The molecule has 2 nitrogen and oxygen atoms in total. The molecule has 0 unspecified atom stereocenters. The third-order valence-corrected chi connectivity index (χ3v) is 3.75. The zero-order valence-electron chi connectivity index (χ0n) is 12.6. The number of allylic oxidation sites excluding steroid dienone is 1. The Labute approximate surface area is 130 Å². The van der Waals surface area contributed by atoms with E-state index in [0.29, 0.717) is 0 Å². The molecule has 2 rings (SSSR count). The van der Waals surface area contributed by atoms with E-state index in [4.69, 9.17) is 4.74 Å². The molecule has 0 saturated heterocycles. The summed E-state index contributed by atoms with van der Waals surface area (Å²) in [5.74, 6) is 1.10. The summed E-state index contributed by atoms with van der Waals surface area (Å²) >= 11 is 3.58. The Morgan fingerprint density at radius 3 is 2.85 bits per heavy atom. The second-order valence-corrected chi connectivity index (χ2v) is 7.21.